The van der Waals surface area contributed by atoms with Gasteiger partial charge >= 0.3 is 0 Å². The number of amides is 2. The van der Waals surface area contributed by atoms with Crippen molar-refractivity contribution in [3.8, 4) is 0 Å². The minimum atomic E-state index is -3.52. The van der Waals surface area contributed by atoms with E-state index in [2.05, 4.69) is 5.32 Å². The molecule has 7 nitrogen and oxygen atoms in total. The minimum Gasteiger partial charge on any atom is -0.355 e. The molecule has 2 amide bonds. The lowest BCUT2D eigenvalue weighted by Crippen LogP contribution is -2.49. The van der Waals surface area contributed by atoms with Gasteiger partial charge in [-0.3, -0.25) is 13.9 Å². The number of hydrogen-bond acceptors (Lipinski definition) is 4. The topological polar surface area (TPSA) is 86.8 Å². The number of nitrogens with zero attached hydrogens (tertiary/aromatic N) is 2. The van der Waals surface area contributed by atoms with Gasteiger partial charge in [0.1, 0.15) is 6.04 Å². The Balaban J connectivity index is 2.18. The van der Waals surface area contributed by atoms with Gasteiger partial charge in [-0.15, -0.1) is 0 Å². The number of carbonyl (C=O) groups excluding carboxylic acids is 2. The molecule has 0 aliphatic rings. The summed E-state index contributed by atoms with van der Waals surface area (Å²) in [7, 11) is -3.52. The van der Waals surface area contributed by atoms with Gasteiger partial charge in [0.05, 0.1) is 11.9 Å². The third-order valence-corrected chi connectivity index (χ3v) is 7.23. The van der Waals surface area contributed by atoms with Crippen LogP contribution in [-0.4, -0.2) is 50.5 Å². The molecule has 0 radical (unpaired) electrons. The van der Waals surface area contributed by atoms with Crippen molar-refractivity contribution in [2.75, 3.05) is 23.7 Å². The molecule has 192 valence electrons. The number of aryl methyl sites for hydroxylation is 1. The van der Waals surface area contributed by atoms with Crippen molar-refractivity contribution >= 4 is 39.1 Å². The summed E-state index contributed by atoms with van der Waals surface area (Å²) in [4.78, 5) is 27.6. The number of benzene rings is 2. The lowest BCUT2D eigenvalue weighted by atomic mass is 10.1. The average molecular weight is 522 g/mol. The SMILES string of the molecule is CCNC(=O)[C@H](CC)N(Cc1ccc(Cl)cc1)C(=O)CCCN(c1ccc(CC)cc1)S(C)(=O)=O. The van der Waals surface area contributed by atoms with Gasteiger partial charge in [-0.1, -0.05) is 49.7 Å². The maximum atomic E-state index is 13.3. The van der Waals surface area contributed by atoms with Crippen LogP contribution in [0.3, 0.4) is 0 Å². The molecule has 35 heavy (non-hydrogen) atoms. The summed E-state index contributed by atoms with van der Waals surface area (Å²) in [6, 6.07) is 13.9. The summed E-state index contributed by atoms with van der Waals surface area (Å²) in [5, 5.41) is 3.40. The number of halogens is 1. The Labute approximate surface area is 214 Å². The zero-order chi connectivity index (χ0) is 26.0. The van der Waals surface area contributed by atoms with Crippen LogP contribution in [0.1, 0.15) is 51.2 Å². The van der Waals surface area contributed by atoms with Crippen molar-refractivity contribution in [3.63, 3.8) is 0 Å². The monoisotopic (exact) mass is 521 g/mol. The zero-order valence-electron chi connectivity index (χ0n) is 21.0. The van der Waals surface area contributed by atoms with Crippen LogP contribution in [0.5, 0.6) is 0 Å². The summed E-state index contributed by atoms with van der Waals surface area (Å²) in [5.41, 5.74) is 2.55. The molecule has 0 saturated heterocycles. The molecule has 1 atom stereocenters. The van der Waals surface area contributed by atoms with E-state index in [0.29, 0.717) is 30.1 Å². The molecular weight excluding hydrogens is 486 g/mol. The van der Waals surface area contributed by atoms with Gasteiger partial charge < -0.3 is 10.2 Å². The van der Waals surface area contributed by atoms with Gasteiger partial charge in [0.15, 0.2) is 0 Å². The van der Waals surface area contributed by atoms with Gasteiger partial charge in [-0.05, 0) is 61.6 Å². The van der Waals surface area contributed by atoms with E-state index in [1.807, 2.05) is 45.0 Å². The molecule has 0 heterocycles. The lowest BCUT2D eigenvalue weighted by Gasteiger charge is -2.31. The third kappa shape index (κ3) is 8.54. The molecule has 2 rings (SSSR count). The smallest absolute Gasteiger partial charge is 0.242 e. The molecule has 0 bridgehead atoms. The molecular formula is C26H36ClN3O4S. The maximum absolute atomic E-state index is 13.3. The average Bonchev–Trinajstić information content (AvgIpc) is 2.82. The molecule has 0 saturated carbocycles. The van der Waals surface area contributed by atoms with Crippen molar-refractivity contribution in [2.24, 2.45) is 0 Å². The van der Waals surface area contributed by atoms with E-state index in [-0.39, 0.29) is 31.3 Å². The summed E-state index contributed by atoms with van der Waals surface area (Å²) in [6.07, 6.45) is 2.93. The fraction of sp³-hybridized carbons (Fsp3) is 0.462. The molecule has 0 aromatic heterocycles. The lowest BCUT2D eigenvalue weighted by molar-refractivity contribution is -0.141. The van der Waals surface area contributed by atoms with E-state index in [1.54, 1.807) is 29.2 Å². The molecule has 1 N–H and O–H groups in total. The van der Waals surface area contributed by atoms with Crippen LogP contribution in [0.25, 0.3) is 0 Å². The second kappa shape index (κ2) is 13.5. The molecule has 9 heteroatoms. The molecule has 0 spiro atoms. The number of rotatable bonds is 13. The van der Waals surface area contributed by atoms with Crippen LogP contribution in [0.15, 0.2) is 48.5 Å². The minimum absolute atomic E-state index is 0.114. The van der Waals surface area contributed by atoms with Crippen LogP contribution in [0.4, 0.5) is 5.69 Å². The fourth-order valence-corrected chi connectivity index (χ4v) is 4.99. The summed E-state index contributed by atoms with van der Waals surface area (Å²) in [5.74, 6) is -0.404. The Bertz CT molecular complexity index is 1070. The Kier molecular flexibility index (Phi) is 11.0. The second-order valence-corrected chi connectivity index (χ2v) is 10.8. The second-order valence-electron chi connectivity index (χ2n) is 8.43. The summed E-state index contributed by atoms with van der Waals surface area (Å²) < 4.78 is 26.2. The predicted molar refractivity (Wildman–Crippen MR) is 142 cm³/mol. The molecule has 0 fully saturated rings. The molecule has 2 aromatic carbocycles. The normalized spacial score (nSPS) is 12.1. The standard InChI is InChI=1S/C26H36ClN3O4S/c1-5-20-12-16-23(17-13-20)30(35(4,33)34)18-8-9-25(31)29(24(6-2)26(32)28-7-3)19-21-10-14-22(27)15-11-21/h10-17,24H,5-9,18-19H2,1-4H3,(H,28,32)/t24-/m0/s1. The number of likely N-dealkylation sites (N-methyl/N-ethyl adjacent to an activating group) is 1. The van der Waals surface area contributed by atoms with Gasteiger partial charge in [-0.25, -0.2) is 8.42 Å². The van der Waals surface area contributed by atoms with Crippen molar-refractivity contribution in [1.82, 2.24) is 10.2 Å². The van der Waals surface area contributed by atoms with Crippen LogP contribution in [0.2, 0.25) is 5.02 Å². The summed E-state index contributed by atoms with van der Waals surface area (Å²) >= 11 is 6.00. The maximum Gasteiger partial charge on any atom is 0.242 e. The van der Waals surface area contributed by atoms with Crippen LogP contribution in [0, 0.1) is 0 Å². The highest BCUT2D eigenvalue weighted by Gasteiger charge is 2.28. The van der Waals surface area contributed by atoms with E-state index in [0.717, 1.165) is 23.8 Å². The van der Waals surface area contributed by atoms with E-state index < -0.39 is 16.1 Å². The van der Waals surface area contributed by atoms with Gasteiger partial charge in [0, 0.05) is 31.1 Å². The Morgan fingerprint density at radius 2 is 1.57 bits per heavy atom. The zero-order valence-corrected chi connectivity index (χ0v) is 22.5. The van der Waals surface area contributed by atoms with Crippen LogP contribution < -0.4 is 9.62 Å². The van der Waals surface area contributed by atoms with Crippen molar-refractivity contribution in [3.05, 3.63) is 64.7 Å². The van der Waals surface area contributed by atoms with Crippen molar-refractivity contribution in [2.45, 2.75) is 59.0 Å². The Hall–Kier alpha value is -2.58. The largest absolute Gasteiger partial charge is 0.355 e. The quantitative estimate of drug-likeness (QED) is 0.423. The molecule has 0 aliphatic heterocycles. The van der Waals surface area contributed by atoms with Gasteiger partial charge in [-0.2, -0.15) is 0 Å². The highest BCUT2D eigenvalue weighted by molar-refractivity contribution is 7.92. The van der Waals surface area contributed by atoms with Gasteiger partial charge in [0.2, 0.25) is 21.8 Å². The first-order valence-electron chi connectivity index (χ1n) is 12.0. The molecule has 0 unspecified atom stereocenters. The number of anilines is 1. The van der Waals surface area contributed by atoms with E-state index in [1.165, 1.54) is 4.31 Å². The fourth-order valence-electron chi connectivity index (χ4n) is 3.90. The number of sulfonamides is 1. The summed E-state index contributed by atoms with van der Waals surface area (Å²) in [6.45, 7) is 6.65. The van der Waals surface area contributed by atoms with Crippen LogP contribution >= 0.6 is 11.6 Å². The van der Waals surface area contributed by atoms with E-state index in [9.17, 15) is 18.0 Å². The van der Waals surface area contributed by atoms with E-state index >= 15 is 0 Å². The van der Waals surface area contributed by atoms with Crippen LogP contribution in [-0.2, 0) is 32.6 Å². The first-order chi connectivity index (χ1) is 16.6. The highest BCUT2D eigenvalue weighted by Crippen LogP contribution is 2.21. The molecule has 0 aliphatic carbocycles. The van der Waals surface area contributed by atoms with Crippen molar-refractivity contribution in [1.29, 1.82) is 0 Å². The number of carbonyl (C=O) groups is 2. The first kappa shape index (κ1) is 28.7. The first-order valence-corrected chi connectivity index (χ1v) is 14.2. The number of nitrogens with one attached hydrogen (secondary N) is 1. The third-order valence-electron chi connectivity index (χ3n) is 5.79. The highest BCUT2D eigenvalue weighted by atomic mass is 35.5. The Morgan fingerprint density at radius 1 is 0.971 bits per heavy atom. The molecule has 2 aromatic rings. The van der Waals surface area contributed by atoms with E-state index in [4.69, 9.17) is 11.6 Å². The van der Waals surface area contributed by atoms with Crippen molar-refractivity contribution < 1.29 is 18.0 Å². The number of hydrogen-bond donors (Lipinski definition) is 1. The van der Waals surface area contributed by atoms with Gasteiger partial charge in [0.25, 0.3) is 0 Å². The predicted octanol–water partition coefficient (Wildman–Crippen LogP) is 4.39. The Morgan fingerprint density at radius 3 is 2.09 bits per heavy atom.